The average Bonchev–Trinajstić information content (AvgIpc) is 2.39. The quantitative estimate of drug-likeness (QED) is 0.869. The number of nitrogens with two attached hydrogens (primary N) is 1. The number of hydrogen-bond acceptors (Lipinski definition) is 2. The number of benzene rings is 1. The smallest absolute Gasteiger partial charge is 0.0180 e. The Morgan fingerprint density at radius 2 is 2.25 bits per heavy atom. The van der Waals surface area contributed by atoms with Crippen LogP contribution in [0.4, 0.5) is 0 Å². The zero-order valence-corrected chi connectivity index (χ0v) is 10.8. The van der Waals surface area contributed by atoms with Crippen LogP contribution in [0.1, 0.15) is 36.8 Å². The topological polar surface area (TPSA) is 26.0 Å². The molecule has 0 radical (unpaired) electrons. The highest BCUT2D eigenvalue weighted by Crippen LogP contribution is 2.35. The SMILES string of the molecule is CC(c1ccccc1CN)C1CCCSC1. The van der Waals surface area contributed by atoms with E-state index in [4.69, 9.17) is 5.73 Å². The standard InChI is InChI=1S/C14H21NS/c1-11(13-6-4-8-16-10-13)14-7-3-2-5-12(14)9-15/h2-3,5,7,11,13H,4,6,8-10,15H2,1H3. The molecule has 2 unspecified atom stereocenters. The predicted molar refractivity (Wildman–Crippen MR) is 72.8 cm³/mol. The maximum Gasteiger partial charge on any atom is 0.0180 e. The number of thioether (sulfide) groups is 1. The zero-order valence-electron chi connectivity index (χ0n) is 9.99. The average molecular weight is 235 g/mol. The summed E-state index contributed by atoms with van der Waals surface area (Å²) < 4.78 is 0. The van der Waals surface area contributed by atoms with Crippen molar-refractivity contribution in [3.05, 3.63) is 35.4 Å². The summed E-state index contributed by atoms with van der Waals surface area (Å²) in [5, 5.41) is 0. The normalized spacial score (nSPS) is 23.0. The lowest BCUT2D eigenvalue weighted by Crippen LogP contribution is -2.18. The lowest BCUT2D eigenvalue weighted by atomic mass is 9.83. The van der Waals surface area contributed by atoms with Crippen LogP contribution in [0.25, 0.3) is 0 Å². The highest BCUT2D eigenvalue weighted by Gasteiger charge is 2.22. The van der Waals surface area contributed by atoms with Crippen molar-refractivity contribution in [1.29, 1.82) is 0 Å². The minimum Gasteiger partial charge on any atom is -0.326 e. The Labute approximate surface area is 103 Å². The summed E-state index contributed by atoms with van der Waals surface area (Å²) >= 11 is 2.11. The van der Waals surface area contributed by atoms with Gasteiger partial charge in [-0.2, -0.15) is 11.8 Å². The van der Waals surface area contributed by atoms with Crippen molar-refractivity contribution in [2.75, 3.05) is 11.5 Å². The van der Waals surface area contributed by atoms with E-state index in [-0.39, 0.29) is 0 Å². The maximum atomic E-state index is 5.81. The van der Waals surface area contributed by atoms with Gasteiger partial charge < -0.3 is 5.73 Å². The zero-order chi connectivity index (χ0) is 11.4. The van der Waals surface area contributed by atoms with Gasteiger partial charge in [0.1, 0.15) is 0 Å². The van der Waals surface area contributed by atoms with Crippen LogP contribution in [0.2, 0.25) is 0 Å². The van der Waals surface area contributed by atoms with Gasteiger partial charge in [-0.15, -0.1) is 0 Å². The first-order chi connectivity index (χ1) is 7.83. The molecule has 88 valence electrons. The molecule has 16 heavy (non-hydrogen) atoms. The molecule has 2 N–H and O–H groups in total. The fourth-order valence-corrected chi connectivity index (χ4v) is 3.87. The second-order valence-corrected chi connectivity index (χ2v) is 5.82. The maximum absolute atomic E-state index is 5.81. The first kappa shape index (κ1) is 12.0. The molecule has 2 atom stereocenters. The van der Waals surface area contributed by atoms with Crippen molar-refractivity contribution in [2.24, 2.45) is 11.7 Å². The minimum absolute atomic E-state index is 0.660. The van der Waals surface area contributed by atoms with Crippen LogP contribution in [0.15, 0.2) is 24.3 Å². The van der Waals surface area contributed by atoms with E-state index in [1.165, 1.54) is 35.5 Å². The molecule has 1 fully saturated rings. The summed E-state index contributed by atoms with van der Waals surface area (Å²) in [5.74, 6) is 4.17. The Bertz CT molecular complexity index is 331. The highest BCUT2D eigenvalue weighted by atomic mass is 32.2. The first-order valence-corrected chi connectivity index (χ1v) is 7.34. The van der Waals surface area contributed by atoms with Crippen molar-refractivity contribution in [1.82, 2.24) is 0 Å². The van der Waals surface area contributed by atoms with Crippen molar-refractivity contribution in [3.63, 3.8) is 0 Å². The van der Waals surface area contributed by atoms with Crippen molar-refractivity contribution >= 4 is 11.8 Å². The summed E-state index contributed by atoms with van der Waals surface area (Å²) in [4.78, 5) is 0. The summed E-state index contributed by atoms with van der Waals surface area (Å²) in [6, 6.07) is 8.66. The summed E-state index contributed by atoms with van der Waals surface area (Å²) in [6.45, 7) is 3.03. The molecule has 1 heterocycles. The molecule has 0 spiro atoms. The molecule has 2 heteroatoms. The molecule has 0 aromatic heterocycles. The van der Waals surface area contributed by atoms with Gasteiger partial charge in [-0.05, 0) is 47.3 Å². The van der Waals surface area contributed by atoms with Crippen LogP contribution in [-0.4, -0.2) is 11.5 Å². The van der Waals surface area contributed by atoms with Gasteiger partial charge in [-0.1, -0.05) is 31.2 Å². The molecule has 1 saturated heterocycles. The largest absolute Gasteiger partial charge is 0.326 e. The van der Waals surface area contributed by atoms with Gasteiger partial charge in [0.05, 0.1) is 0 Å². The van der Waals surface area contributed by atoms with E-state index in [0.717, 1.165) is 5.92 Å². The Hall–Kier alpha value is -0.470. The molecule has 1 aliphatic rings. The van der Waals surface area contributed by atoms with Crippen LogP contribution < -0.4 is 5.73 Å². The van der Waals surface area contributed by atoms with E-state index in [9.17, 15) is 0 Å². The molecule has 0 aliphatic carbocycles. The van der Waals surface area contributed by atoms with Crippen LogP contribution in [0.5, 0.6) is 0 Å². The number of rotatable bonds is 3. The molecular weight excluding hydrogens is 214 g/mol. The monoisotopic (exact) mass is 235 g/mol. The third-order valence-electron chi connectivity index (χ3n) is 3.67. The second kappa shape index (κ2) is 5.74. The van der Waals surface area contributed by atoms with E-state index in [1.54, 1.807) is 0 Å². The van der Waals surface area contributed by atoms with E-state index < -0.39 is 0 Å². The molecule has 2 rings (SSSR count). The second-order valence-electron chi connectivity index (χ2n) is 4.67. The lowest BCUT2D eigenvalue weighted by Gasteiger charge is -2.28. The fraction of sp³-hybridized carbons (Fsp3) is 0.571. The van der Waals surface area contributed by atoms with E-state index in [1.807, 2.05) is 0 Å². The highest BCUT2D eigenvalue weighted by molar-refractivity contribution is 7.99. The van der Waals surface area contributed by atoms with E-state index in [2.05, 4.69) is 43.0 Å². The van der Waals surface area contributed by atoms with Gasteiger partial charge >= 0.3 is 0 Å². The molecule has 0 saturated carbocycles. The third kappa shape index (κ3) is 2.61. The van der Waals surface area contributed by atoms with E-state index in [0.29, 0.717) is 12.5 Å². The van der Waals surface area contributed by atoms with Crippen LogP contribution in [0, 0.1) is 5.92 Å². The Balaban J connectivity index is 2.15. The fourth-order valence-electron chi connectivity index (χ4n) is 2.58. The molecule has 0 amide bonds. The van der Waals surface area contributed by atoms with Crippen molar-refractivity contribution in [3.8, 4) is 0 Å². The molecule has 1 nitrogen and oxygen atoms in total. The molecule has 1 aromatic rings. The number of hydrogen-bond donors (Lipinski definition) is 1. The van der Waals surface area contributed by atoms with Gasteiger partial charge in [-0.3, -0.25) is 0 Å². The van der Waals surface area contributed by atoms with Crippen LogP contribution >= 0.6 is 11.8 Å². The molecule has 1 aliphatic heterocycles. The molecule has 0 bridgehead atoms. The van der Waals surface area contributed by atoms with E-state index >= 15 is 0 Å². The third-order valence-corrected chi connectivity index (χ3v) is 4.91. The van der Waals surface area contributed by atoms with Gasteiger partial charge in [0, 0.05) is 6.54 Å². The first-order valence-electron chi connectivity index (χ1n) is 6.18. The Morgan fingerprint density at radius 3 is 2.94 bits per heavy atom. The van der Waals surface area contributed by atoms with Gasteiger partial charge in [0.2, 0.25) is 0 Å². The van der Waals surface area contributed by atoms with Crippen LogP contribution in [0.3, 0.4) is 0 Å². The minimum atomic E-state index is 0.660. The summed E-state index contributed by atoms with van der Waals surface area (Å²) in [5.41, 5.74) is 8.61. The van der Waals surface area contributed by atoms with Gasteiger partial charge in [0.25, 0.3) is 0 Å². The molecule has 1 aromatic carbocycles. The summed E-state index contributed by atoms with van der Waals surface area (Å²) in [6.07, 6.45) is 2.76. The lowest BCUT2D eigenvalue weighted by molar-refractivity contribution is 0.446. The summed E-state index contributed by atoms with van der Waals surface area (Å²) in [7, 11) is 0. The van der Waals surface area contributed by atoms with Crippen LogP contribution in [-0.2, 0) is 6.54 Å². The van der Waals surface area contributed by atoms with Crippen molar-refractivity contribution < 1.29 is 0 Å². The van der Waals surface area contributed by atoms with Gasteiger partial charge in [0.15, 0.2) is 0 Å². The van der Waals surface area contributed by atoms with Gasteiger partial charge in [-0.25, -0.2) is 0 Å². The van der Waals surface area contributed by atoms with Crippen molar-refractivity contribution in [2.45, 2.75) is 32.2 Å². The molecular formula is C14H21NS. The Morgan fingerprint density at radius 1 is 1.44 bits per heavy atom. The predicted octanol–water partition coefficient (Wildman–Crippen LogP) is 3.39. The Kier molecular flexibility index (Phi) is 4.30.